The second kappa shape index (κ2) is 8.64. The topological polar surface area (TPSA) is 78.0 Å². The molecule has 4 aromatic rings. The summed E-state index contributed by atoms with van der Waals surface area (Å²) in [6.07, 6.45) is 3.30. The van der Waals surface area contributed by atoms with Crippen LogP contribution in [0.1, 0.15) is 19.9 Å². The number of benzene rings is 2. The third-order valence-electron chi connectivity index (χ3n) is 4.89. The van der Waals surface area contributed by atoms with E-state index in [-0.39, 0.29) is 11.9 Å². The summed E-state index contributed by atoms with van der Waals surface area (Å²) >= 11 is 7.44. The van der Waals surface area contributed by atoms with E-state index in [9.17, 15) is 0 Å². The van der Waals surface area contributed by atoms with Crippen molar-refractivity contribution in [2.45, 2.75) is 24.8 Å². The van der Waals surface area contributed by atoms with Crippen LogP contribution >= 0.6 is 23.5 Å². The summed E-state index contributed by atoms with van der Waals surface area (Å²) in [6, 6.07) is 10.7. The number of ether oxygens (including phenoxy) is 1. The molecule has 0 spiro atoms. The molecular formula is C22H21ClFN5OS. The maximum atomic E-state index is 15.5. The molecule has 0 saturated carbocycles. The van der Waals surface area contributed by atoms with Crippen LogP contribution in [0.4, 0.5) is 15.9 Å². The minimum atomic E-state index is -0.388. The van der Waals surface area contributed by atoms with Crippen molar-refractivity contribution in [1.82, 2.24) is 14.5 Å². The Labute approximate surface area is 188 Å². The van der Waals surface area contributed by atoms with Crippen molar-refractivity contribution in [3.05, 3.63) is 59.8 Å². The predicted molar refractivity (Wildman–Crippen MR) is 125 cm³/mol. The fraction of sp³-hybridized carbons (Fsp3) is 0.182. The van der Waals surface area contributed by atoms with E-state index in [0.29, 0.717) is 44.4 Å². The molecule has 2 aromatic carbocycles. The van der Waals surface area contributed by atoms with Gasteiger partial charge in [-0.05, 0) is 50.1 Å². The highest BCUT2D eigenvalue weighted by atomic mass is 35.5. The Morgan fingerprint density at radius 3 is 2.71 bits per heavy atom. The van der Waals surface area contributed by atoms with Gasteiger partial charge in [-0.1, -0.05) is 23.7 Å². The van der Waals surface area contributed by atoms with Crippen molar-refractivity contribution >= 4 is 46.1 Å². The molecule has 0 amide bonds. The number of hydrogen-bond donors (Lipinski definition) is 2. The van der Waals surface area contributed by atoms with Crippen molar-refractivity contribution in [1.29, 1.82) is 0 Å². The number of rotatable bonds is 6. The van der Waals surface area contributed by atoms with Gasteiger partial charge in [0.1, 0.15) is 23.5 Å². The normalized spacial score (nSPS) is 11.3. The lowest BCUT2D eigenvalue weighted by molar-refractivity contribution is 0.414. The summed E-state index contributed by atoms with van der Waals surface area (Å²) in [5.74, 6) is 0.514. The first kappa shape index (κ1) is 21.3. The molecule has 160 valence electrons. The van der Waals surface area contributed by atoms with Crippen LogP contribution in [0.5, 0.6) is 5.75 Å². The largest absolute Gasteiger partial charge is 0.495 e. The lowest BCUT2D eigenvalue weighted by Gasteiger charge is -2.11. The van der Waals surface area contributed by atoms with E-state index in [1.54, 1.807) is 37.4 Å². The number of hydrogen-bond acceptors (Lipinski definition) is 6. The van der Waals surface area contributed by atoms with E-state index in [2.05, 4.69) is 14.7 Å². The number of nitrogens with zero attached hydrogens (tertiary/aromatic N) is 3. The number of methoxy groups -OCH3 is 1. The molecule has 6 nitrogen and oxygen atoms in total. The number of aromatic nitrogens is 3. The van der Waals surface area contributed by atoms with Crippen LogP contribution in [0.15, 0.2) is 53.8 Å². The van der Waals surface area contributed by atoms with Gasteiger partial charge in [0, 0.05) is 28.3 Å². The van der Waals surface area contributed by atoms with Crippen LogP contribution in [0.3, 0.4) is 0 Å². The molecule has 31 heavy (non-hydrogen) atoms. The van der Waals surface area contributed by atoms with Crippen molar-refractivity contribution < 1.29 is 9.13 Å². The number of nitrogen functional groups attached to an aromatic ring is 1. The van der Waals surface area contributed by atoms with E-state index in [4.69, 9.17) is 22.1 Å². The molecule has 2 heterocycles. The van der Waals surface area contributed by atoms with Crippen LogP contribution in [0, 0.1) is 5.82 Å². The Morgan fingerprint density at radius 2 is 2.00 bits per heavy atom. The second-order valence-electron chi connectivity index (χ2n) is 7.17. The molecule has 0 bridgehead atoms. The Kier molecular flexibility index (Phi) is 5.93. The lowest BCUT2D eigenvalue weighted by atomic mass is 10.0. The zero-order valence-corrected chi connectivity index (χ0v) is 18.8. The summed E-state index contributed by atoms with van der Waals surface area (Å²) in [4.78, 5) is 9.30. The van der Waals surface area contributed by atoms with Crippen molar-refractivity contribution in [2.75, 3.05) is 17.6 Å². The molecule has 0 radical (unpaired) electrons. The third-order valence-corrected chi connectivity index (χ3v) is 5.99. The molecule has 2 aromatic heterocycles. The zero-order valence-electron chi connectivity index (χ0n) is 17.2. The molecular weight excluding hydrogens is 437 g/mol. The molecule has 0 atom stereocenters. The summed E-state index contributed by atoms with van der Waals surface area (Å²) in [7, 11) is 1.56. The molecule has 0 aliphatic heterocycles. The molecule has 3 N–H and O–H groups in total. The monoisotopic (exact) mass is 457 g/mol. The van der Waals surface area contributed by atoms with E-state index < -0.39 is 0 Å². The number of halogens is 2. The predicted octanol–water partition coefficient (Wildman–Crippen LogP) is 6.18. The Bertz CT molecular complexity index is 1260. The molecule has 0 unspecified atom stereocenters. The molecule has 4 rings (SSSR count). The van der Waals surface area contributed by atoms with Crippen molar-refractivity contribution in [3.8, 4) is 16.9 Å². The van der Waals surface area contributed by atoms with Gasteiger partial charge in [0.05, 0.1) is 23.2 Å². The van der Waals surface area contributed by atoms with Gasteiger partial charge < -0.3 is 19.8 Å². The van der Waals surface area contributed by atoms with Gasteiger partial charge in [0.15, 0.2) is 5.82 Å². The lowest BCUT2D eigenvalue weighted by Crippen LogP contribution is -2.00. The van der Waals surface area contributed by atoms with Gasteiger partial charge in [0.2, 0.25) is 0 Å². The standard InChI is InChI=1S/C22H21ClFN5OS/c1-12(2)29-10-15(19-21(25)26-11-27-22(19)29)14-5-4-6-17(20(14)24)28-31-13-7-8-18(30-3)16(23)9-13/h4-12,28H,1-3H3,(H2,25,26,27). The molecule has 0 saturated heterocycles. The Morgan fingerprint density at radius 1 is 1.19 bits per heavy atom. The van der Waals surface area contributed by atoms with E-state index in [1.807, 2.05) is 30.7 Å². The highest BCUT2D eigenvalue weighted by Gasteiger charge is 2.20. The van der Waals surface area contributed by atoms with E-state index in [0.717, 1.165) is 4.90 Å². The summed E-state index contributed by atoms with van der Waals surface area (Å²) < 4.78 is 25.7. The van der Waals surface area contributed by atoms with Crippen LogP contribution in [-0.2, 0) is 0 Å². The first-order chi connectivity index (χ1) is 14.9. The zero-order chi connectivity index (χ0) is 22.1. The third kappa shape index (κ3) is 4.00. The first-order valence-corrected chi connectivity index (χ1v) is 10.8. The van der Waals surface area contributed by atoms with Crippen LogP contribution < -0.4 is 15.2 Å². The van der Waals surface area contributed by atoms with Gasteiger partial charge in [-0.2, -0.15) is 0 Å². The Balaban J connectivity index is 1.71. The quantitative estimate of drug-likeness (QED) is 0.336. The molecule has 0 fully saturated rings. The minimum absolute atomic E-state index is 0.130. The fourth-order valence-electron chi connectivity index (χ4n) is 3.35. The number of anilines is 2. The summed E-state index contributed by atoms with van der Waals surface area (Å²) in [5.41, 5.74) is 8.23. The maximum Gasteiger partial charge on any atom is 0.155 e. The minimum Gasteiger partial charge on any atom is -0.495 e. The maximum absolute atomic E-state index is 15.5. The number of nitrogens with two attached hydrogens (primary N) is 1. The Hall–Kier alpha value is -2.97. The van der Waals surface area contributed by atoms with E-state index in [1.165, 1.54) is 18.3 Å². The van der Waals surface area contributed by atoms with Crippen LogP contribution in [0.25, 0.3) is 22.2 Å². The van der Waals surface area contributed by atoms with Gasteiger partial charge >= 0.3 is 0 Å². The highest BCUT2D eigenvalue weighted by molar-refractivity contribution is 8.00. The summed E-state index contributed by atoms with van der Waals surface area (Å²) in [5, 5.41) is 1.13. The van der Waals surface area contributed by atoms with Crippen LogP contribution in [-0.4, -0.2) is 21.6 Å². The SMILES string of the molecule is COc1ccc(SNc2cccc(-c3cn(C(C)C)c4ncnc(N)c34)c2F)cc1Cl. The number of nitrogens with one attached hydrogen (secondary N) is 1. The van der Waals surface area contributed by atoms with Gasteiger partial charge in [-0.3, -0.25) is 0 Å². The smallest absolute Gasteiger partial charge is 0.155 e. The molecule has 0 aliphatic carbocycles. The summed E-state index contributed by atoms with van der Waals surface area (Å²) in [6.45, 7) is 4.07. The fourth-order valence-corrected chi connectivity index (χ4v) is 4.37. The average molecular weight is 458 g/mol. The highest BCUT2D eigenvalue weighted by Crippen LogP contribution is 2.38. The molecule has 9 heteroatoms. The van der Waals surface area contributed by atoms with Gasteiger partial charge in [0.25, 0.3) is 0 Å². The van der Waals surface area contributed by atoms with Crippen molar-refractivity contribution in [3.63, 3.8) is 0 Å². The van der Waals surface area contributed by atoms with E-state index >= 15 is 4.39 Å². The van der Waals surface area contributed by atoms with Crippen LogP contribution in [0.2, 0.25) is 5.02 Å². The first-order valence-electron chi connectivity index (χ1n) is 9.57. The van der Waals surface area contributed by atoms with Gasteiger partial charge in [-0.15, -0.1) is 0 Å². The van der Waals surface area contributed by atoms with Crippen molar-refractivity contribution in [2.24, 2.45) is 0 Å². The number of fused-ring (bicyclic) bond motifs is 1. The second-order valence-corrected chi connectivity index (χ2v) is 8.46. The molecule has 0 aliphatic rings. The van der Waals surface area contributed by atoms with Gasteiger partial charge in [-0.25, -0.2) is 14.4 Å². The average Bonchev–Trinajstić information content (AvgIpc) is 3.14.